The fourth-order valence-corrected chi connectivity index (χ4v) is 2.59. The van der Waals surface area contributed by atoms with E-state index in [1.165, 1.54) is 0 Å². The average Bonchev–Trinajstić information content (AvgIpc) is 2.48. The fourth-order valence-electron chi connectivity index (χ4n) is 2.59. The van der Waals surface area contributed by atoms with Crippen molar-refractivity contribution in [1.82, 2.24) is 9.80 Å². The summed E-state index contributed by atoms with van der Waals surface area (Å²) in [6.07, 6.45) is 2.65. The third-order valence-corrected chi connectivity index (χ3v) is 3.92. The van der Waals surface area contributed by atoms with Crippen LogP contribution in [0.3, 0.4) is 0 Å². The molecular weight excluding hydrogens is 250 g/mol. The smallest absolute Gasteiger partial charge is 0.227 e. The summed E-state index contributed by atoms with van der Waals surface area (Å²) >= 11 is 0. The van der Waals surface area contributed by atoms with Gasteiger partial charge in [0.2, 0.25) is 5.91 Å². The number of amides is 1. The molecule has 0 bridgehead atoms. The molecule has 1 aliphatic heterocycles. The molecule has 1 amide bonds. The van der Waals surface area contributed by atoms with Gasteiger partial charge in [0.05, 0.1) is 18.1 Å². The van der Waals surface area contributed by atoms with E-state index in [0.29, 0.717) is 18.0 Å². The summed E-state index contributed by atoms with van der Waals surface area (Å²) in [5.41, 5.74) is 1.60. The molecule has 1 aliphatic rings. The van der Waals surface area contributed by atoms with Crippen molar-refractivity contribution in [1.29, 1.82) is 5.26 Å². The van der Waals surface area contributed by atoms with Gasteiger partial charge < -0.3 is 9.80 Å². The second kappa shape index (κ2) is 6.53. The molecule has 0 aliphatic carbocycles. The van der Waals surface area contributed by atoms with Gasteiger partial charge in [0.25, 0.3) is 0 Å². The van der Waals surface area contributed by atoms with E-state index >= 15 is 0 Å². The number of benzene rings is 1. The van der Waals surface area contributed by atoms with Crippen LogP contribution in [0.5, 0.6) is 0 Å². The number of nitriles is 1. The molecule has 1 aromatic carbocycles. The van der Waals surface area contributed by atoms with Gasteiger partial charge in [-0.05, 0) is 44.6 Å². The number of likely N-dealkylation sites (tertiary alicyclic amines) is 1. The highest BCUT2D eigenvalue weighted by Gasteiger charge is 2.24. The van der Waals surface area contributed by atoms with E-state index in [2.05, 4.69) is 25.1 Å². The van der Waals surface area contributed by atoms with Gasteiger partial charge in [-0.1, -0.05) is 12.1 Å². The van der Waals surface area contributed by atoms with Gasteiger partial charge in [0.1, 0.15) is 0 Å². The lowest BCUT2D eigenvalue weighted by molar-refractivity contribution is -0.132. The molecule has 0 spiro atoms. The lowest BCUT2D eigenvalue weighted by atomic mass is 10.0. The zero-order valence-electron chi connectivity index (χ0n) is 12.2. The molecule has 2 rings (SSSR count). The molecule has 1 aromatic rings. The van der Waals surface area contributed by atoms with Gasteiger partial charge in [-0.25, -0.2) is 0 Å². The molecule has 1 saturated heterocycles. The molecular formula is C16H21N3O. The molecule has 1 atom stereocenters. The Labute approximate surface area is 120 Å². The molecule has 4 nitrogen and oxygen atoms in total. The van der Waals surface area contributed by atoms with Crippen LogP contribution in [0.15, 0.2) is 24.3 Å². The SMILES string of the molecule is CN(C)C1CCCN(C(=O)Cc2ccc(C#N)cc2)C1. The van der Waals surface area contributed by atoms with Gasteiger partial charge in [0.15, 0.2) is 0 Å². The van der Waals surface area contributed by atoms with Crippen molar-refractivity contribution < 1.29 is 4.79 Å². The average molecular weight is 271 g/mol. The first-order chi connectivity index (χ1) is 9.60. The number of piperidine rings is 1. The molecule has 0 N–H and O–H groups in total. The highest BCUT2D eigenvalue weighted by molar-refractivity contribution is 5.79. The summed E-state index contributed by atoms with van der Waals surface area (Å²) < 4.78 is 0. The van der Waals surface area contributed by atoms with Crippen molar-refractivity contribution in [3.05, 3.63) is 35.4 Å². The van der Waals surface area contributed by atoms with Crippen molar-refractivity contribution in [3.63, 3.8) is 0 Å². The van der Waals surface area contributed by atoms with E-state index in [0.717, 1.165) is 31.5 Å². The van der Waals surface area contributed by atoms with E-state index in [9.17, 15) is 4.79 Å². The predicted octanol–water partition coefficient (Wildman–Crippen LogP) is 1.65. The Balaban J connectivity index is 1.95. The lowest BCUT2D eigenvalue weighted by Gasteiger charge is -2.36. The van der Waals surface area contributed by atoms with Crippen LogP contribution in [0.1, 0.15) is 24.0 Å². The number of hydrogen-bond acceptors (Lipinski definition) is 3. The van der Waals surface area contributed by atoms with E-state index in [1.807, 2.05) is 17.0 Å². The van der Waals surface area contributed by atoms with Crippen LogP contribution in [-0.2, 0) is 11.2 Å². The van der Waals surface area contributed by atoms with Crippen LogP contribution < -0.4 is 0 Å². The predicted molar refractivity (Wildman–Crippen MR) is 78.2 cm³/mol. The molecule has 4 heteroatoms. The lowest BCUT2D eigenvalue weighted by Crippen LogP contribution is -2.47. The van der Waals surface area contributed by atoms with Crippen LogP contribution in [0.4, 0.5) is 0 Å². The summed E-state index contributed by atoms with van der Waals surface area (Å²) in [5, 5.41) is 8.77. The number of nitrogens with zero attached hydrogens (tertiary/aromatic N) is 3. The van der Waals surface area contributed by atoms with Crippen LogP contribution in [-0.4, -0.2) is 48.9 Å². The Hall–Kier alpha value is -1.86. The highest BCUT2D eigenvalue weighted by atomic mass is 16.2. The highest BCUT2D eigenvalue weighted by Crippen LogP contribution is 2.15. The second-order valence-corrected chi connectivity index (χ2v) is 5.58. The van der Waals surface area contributed by atoms with E-state index in [4.69, 9.17) is 5.26 Å². The molecule has 1 heterocycles. The summed E-state index contributed by atoms with van der Waals surface area (Å²) in [6.45, 7) is 1.68. The molecule has 1 fully saturated rings. The van der Waals surface area contributed by atoms with Crippen LogP contribution in [0.25, 0.3) is 0 Å². The van der Waals surface area contributed by atoms with Gasteiger partial charge in [-0.3, -0.25) is 4.79 Å². The second-order valence-electron chi connectivity index (χ2n) is 5.58. The third-order valence-electron chi connectivity index (χ3n) is 3.92. The minimum absolute atomic E-state index is 0.182. The van der Waals surface area contributed by atoms with Crippen LogP contribution >= 0.6 is 0 Å². The quantitative estimate of drug-likeness (QED) is 0.840. The maximum absolute atomic E-state index is 12.3. The first-order valence-electron chi connectivity index (χ1n) is 7.03. The zero-order chi connectivity index (χ0) is 14.5. The number of likely N-dealkylation sites (N-methyl/N-ethyl adjacent to an activating group) is 1. The summed E-state index contributed by atoms with van der Waals surface area (Å²) in [4.78, 5) is 16.5. The largest absolute Gasteiger partial charge is 0.341 e. The first kappa shape index (κ1) is 14.5. The molecule has 1 unspecified atom stereocenters. The van der Waals surface area contributed by atoms with Gasteiger partial charge in [-0.2, -0.15) is 5.26 Å². The topological polar surface area (TPSA) is 47.3 Å². The maximum Gasteiger partial charge on any atom is 0.227 e. The van der Waals surface area contributed by atoms with Crippen LogP contribution in [0, 0.1) is 11.3 Å². The Morgan fingerprint density at radius 3 is 2.70 bits per heavy atom. The van der Waals surface area contributed by atoms with E-state index < -0.39 is 0 Å². The fraction of sp³-hybridized carbons (Fsp3) is 0.500. The Bertz CT molecular complexity index is 501. The van der Waals surface area contributed by atoms with Crippen molar-refractivity contribution >= 4 is 5.91 Å². The minimum Gasteiger partial charge on any atom is -0.341 e. The van der Waals surface area contributed by atoms with Crippen molar-refractivity contribution in [3.8, 4) is 6.07 Å². The third kappa shape index (κ3) is 3.58. The number of hydrogen-bond donors (Lipinski definition) is 0. The molecule has 106 valence electrons. The van der Waals surface area contributed by atoms with Gasteiger partial charge in [0, 0.05) is 19.1 Å². The Kier molecular flexibility index (Phi) is 4.75. The van der Waals surface area contributed by atoms with Gasteiger partial charge >= 0.3 is 0 Å². The van der Waals surface area contributed by atoms with E-state index in [1.54, 1.807) is 12.1 Å². The molecule has 20 heavy (non-hydrogen) atoms. The number of carbonyl (C=O) groups is 1. The summed E-state index contributed by atoms with van der Waals surface area (Å²) in [5.74, 6) is 0.182. The Morgan fingerprint density at radius 1 is 1.40 bits per heavy atom. The first-order valence-corrected chi connectivity index (χ1v) is 7.03. The summed E-state index contributed by atoms with van der Waals surface area (Å²) in [7, 11) is 4.14. The number of carbonyl (C=O) groups excluding carboxylic acids is 1. The van der Waals surface area contributed by atoms with Crippen LogP contribution in [0.2, 0.25) is 0 Å². The summed E-state index contributed by atoms with van der Waals surface area (Å²) in [6, 6.07) is 9.82. The molecule has 0 radical (unpaired) electrons. The maximum atomic E-state index is 12.3. The normalized spacial score (nSPS) is 18.9. The molecule has 0 saturated carbocycles. The van der Waals surface area contributed by atoms with Crippen molar-refractivity contribution in [2.24, 2.45) is 0 Å². The monoisotopic (exact) mass is 271 g/mol. The standard InChI is InChI=1S/C16H21N3O/c1-18(2)15-4-3-9-19(12-15)16(20)10-13-5-7-14(11-17)8-6-13/h5-8,15H,3-4,9-10,12H2,1-2H3. The number of rotatable bonds is 3. The van der Waals surface area contributed by atoms with Crippen molar-refractivity contribution in [2.45, 2.75) is 25.3 Å². The van der Waals surface area contributed by atoms with Crippen molar-refractivity contribution in [2.75, 3.05) is 27.2 Å². The molecule has 0 aromatic heterocycles. The van der Waals surface area contributed by atoms with Gasteiger partial charge in [-0.15, -0.1) is 0 Å². The Morgan fingerprint density at radius 2 is 2.10 bits per heavy atom. The minimum atomic E-state index is 0.182. The van der Waals surface area contributed by atoms with E-state index in [-0.39, 0.29) is 5.91 Å². The zero-order valence-corrected chi connectivity index (χ0v) is 12.2.